The number of nitriles is 1. The SMILES string of the molecule is CCN(c1cc(Br)cc(C#N)c1)C1CNC1. The number of likely N-dealkylation sites (N-methyl/N-ethyl adjacent to an activating group) is 1. The van der Waals surface area contributed by atoms with Crippen LogP contribution in [0.4, 0.5) is 5.69 Å². The first-order valence-electron chi connectivity index (χ1n) is 5.42. The lowest BCUT2D eigenvalue weighted by molar-refractivity contribution is 0.417. The molecule has 0 amide bonds. The molecule has 0 spiro atoms. The molecule has 1 aliphatic rings. The largest absolute Gasteiger partial charge is 0.366 e. The lowest BCUT2D eigenvalue weighted by Crippen LogP contribution is -2.57. The molecule has 0 saturated carbocycles. The van der Waals surface area contributed by atoms with Gasteiger partial charge in [0.05, 0.1) is 17.7 Å². The average molecular weight is 280 g/mol. The van der Waals surface area contributed by atoms with Crippen LogP contribution in [-0.2, 0) is 0 Å². The van der Waals surface area contributed by atoms with Crippen LogP contribution in [0.25, 0.3) is 0 Å². The summed E-state index contributed by atoms with van der Waals surface area (Å²) < 4.78 is 0.965. The molecular weight excluding hydrogens is 266 g/mol. The third kappa shape index (κ3) is 2.21. The molecule has 1 aromatic rings. The number of anilines is 1. The molecule has 0 unspecified atom stereocenters. The van der Waals surface area contributed by atoms with Gasteiger partial charge in [0, 0.05) is 29.8 Å². The summed E-state index contributed by atoms with van der Waals surface area (Å²) in [5.74, 6) is 0. The molecule has 0 aliphatic carbocycles. The standard InChI is InChI=1S/C12H14BrN3/c1-2-16(12-7-15-8-12)11-4-9(6-14)3-10(13)5-11/h3-5,12,15H,2,7-8H2,1H3. The molecule has 1 saturated heterocycles. The molecule has 1 heterocycles. The van der Waals surface area contributed by atoms with Crippen molar-refractivity contribution in [2.24, 2.45) is 0 Å². The van der Waals surface area contributed by atoms with Gasteiger partial charge in [0.1, 0.15) is 0 Å². The number of nitrogens with one attached hydrogen (secondary N) is 1. The molecule has 16 heavy (non-hydrogen) atoms. The zero-order valence-electron chi connectivity index (χ0n) is 9.20. The summed E-state index contributed by atoms with van der Waals surface area (Å²) in [6.45, 7) is 5.17. The Balaban J connectivity index is 2.30. The minimum absolute atomic E-state index is 0.561. The number of nitrogens with zero attached hydrogens (tertiary/aromatic N) is 2. The van der Waals surface area contributed by atoms with Crippen molar-refractivity contribution in [1.82, 2.24) is 5.32 Å². The first-order chi connectivity index (χ1) is 7.74. The van der Waals surface area contributed by atoms with E-state index >= 15 is 0 Å². The molecule has 0 aromatic heterocycles. The van der Waals surface area contributed by atoms with Crippen LogP contribution < -0.4 is 10.2 Å². The highest BCUT2D eigenvalue weighted by atomic mass is 79.9. The van der Waals surface area contributed by atoms with Crippen LogP contribution in [0.15, 0.2) is 22.7 Å². The van der Waals surface area contributed by atoms with Crippen LogP contribution in [0.3, 0.4) is 0 Å². The van der Waals surface area contributed by atoms with Gasteiger partial charge in [-0.05, 0) is 25.1 Å². The Bertz CT molecular complexity index is 421. The molecule has 0 atom stereocenters. The Labute approximate surface area is 104 Å². The second-order valence-corrected chi connectivity index (χ2v) is 4.82. The zero-order valence-corrected chi connectivity index (χ0v) is 10.8. The van der Waals surface area contributed by atoms with Crippen molar-refractivity contribution in [2.45, 2.75) is 13.0 Å². The highest BCUT2D eigenvalue weighted by molar-refractivity contribution is 9.10. The van der Waals surface area contributed by atoms with Gasteiger partial charge in [0.25, 0.3) is 0 Å². The van der Waals surface area contributed by atoms with E-state index in [1.165, 1.54) is 0 Å². The first-order valence-corrected chi connectivity index (χ1v) is 6.22. The van der Waals surface area contributed by atoms with Crippen molar-refractivity contribution >= 4 is 21.6 Å². The Morgan fingerprint density at radius 3 is 2.75 bits per heavy atom. The van der Waals surface area contributed by atoms with Crippen LogP contribution in [0, 0.1) is 11.3 Å². The maximum Gasteiger partial charge on any atom is 0.0992 e. The van der Waals surface area contributed by atoms with Gasteiger partial charge in [-0.1, -0.05) is 15.9 Å². The van der Waals surface area contributed by atoms with Crippen molar-refractivity contribution in [1.29, 1.82) is 5.26 Å². The fourth-order valence-corrected chi connectivity index (χ4v) is 2.43. The Hall–Kier alpha value is -1.05. The molecule has 3 nitrogen and oxygen atoms in total. The van der Waals surface area contributed by atoms with E-state index in [2.05, 4.69) is 45.2 Å². The first kappa shape index (κ1) is 11.4. The Morgan fingerprint density at radius 2 is 2.25 bits per heavy atom. The summed E-state index contributed by atoms with van der Waals surface area (Å²) in [5, 5.41) is 12.2. The second kappa shape index (κ2) is 4.86. The Morgan fingerprint density at radius 1 is 1.50 bits per heavy atom. The van der Waals surface area contributed by atoms with E-state index in [-0.39, 0.29) is 0 Å². The van der Waals surface area contributed by atoms with Crippen LogP contribution in [0.1, 0.15) is 12.5 Å². The van der Waals surface area contributed by atoms with E-state index in [0.29, 0.717) is 11.6 Å². The minimum atomic E-state index is 0.561. The predicted octanol–water partition coefficient (Wildman–Crippen LogP) is 2.12. The number of hydrogen-bond acceptors (Lipinski definition) is 3. The third-order valence-corrected chi connectivity index (χ3v) is 3.34. The normalized spacial score (nSPS) is 15.3. The topological polar surface area (TPSA) is 39.1 Å². The van der Waals surface area contributed by atoms with Gasteiger partial charge in [0.15, 0.2) is 0 Å². The summed E-state index contributed by atoms with van der Waals surface area (Å²) in [4.78, 5) is 2.34. The lowest BCUT2D eigenvalue weighted by atomic mass is 10.1. The highest BCUT2D eigenvalue weighted by Gasteiger charge is 2.23. The molecule has 84 valence electrons. The highest BCUT2D eigenvalue weighted by Crippen LogP contribution is 2.25. The van der Waals surface area contributed by atoms with Crippen LogP contribution >= 0.6 is 15.9 Å². The van der Waals surface area contributed by atoms with E-state index in [9.17, 15) is 0 Å². The summed E-state index contributed by atoms with van der Waals surface area (Å²) in [5.41, 5.74) is 1.83. The number of rotatable bonds is 3. The average Bonchev–Trinajstić information content (AvgIpc) is 2.22. The van der Waals surface area contributed by atoms with Crippen LogP contribution in [0.2, 0.25) is 0 Å². The molecule has 1 aliphatic heterocycles. The summed E-state index contributed by atoms with van der Waals surface area (Å²) in [7, 11) is 0. The van der Waals surface area contributed by atoms with E-state index < -0.39 is 0 Å². The van der Waals surface area contributed by atoms with E-state index in [4.69, 9.17) is 5.26 Å². The van der Waals surface area contributed by atoms with Crippen LogP contribution in [-0.4, -0.2) is 25.7 Å². The van der Waals surface area contributed by atoms with Crippen molar-refractivity contribution in [3.05, 3.63) is 28.2 Å². The van der Waals surface area contributed by atoms with E-state index in [0.717, 1.165) is 29.8 Å². The molecule has 4 heteroatoms. The van der Waals surface area contributed by atoms with E-state index in [1.807, 2.05) is 12.1 Å². The molecular formula is C12H14BrN3. The van der Waals surface area contributed by atoms with Crippen molar-refractivity contribution in [3.8, 4) is 6.07 Å². The van der Waals surface area contributed by atoms with Gasteiger partial charge in [-0.2, -0.15) is 5.26 Å². The molecule has 1 N–H and O–H groups in total. The van der Waals surface area contributed by atoms with Crippen LogP contribution in [0.5, 0.6) is 0 Å². The molecule has 2 rings (SSSR count). The molecule has 1 fully saturated rings. The predicted molar refractivity (Wildman–Crippen MR) is 68.5 cm³/mol. The minimum Gasteiger partial charge on any atom is -0.366 e. The van der Waals surface area contributed by atoms with Crippen molar-refractivity contribution < 1.29 is 0 Å². The lowest BCUT2D eigenvalue weighted by Gasteiger charge is -2.39. The molecule has 1 aromatic carbocycles. The molecule has 0 bridgehead atoms. The van der Waals surface area contributed by atoms with Gasteiger partial charge < -0.3 is 10.2 Å². The van der Waals surface area contributed by atoms with Crippen molar-refractivity contribution in [3.63, 3.8) is 0 Å². The quantitative estimate of drug-likeness (QED) is 0.921. The Kier molecular flexibility index (Phi) is 3.47. The van der Waals surface area contributed by atoms with Gasteiger partial charge in [-0.3, -0.25) is 0 Å². The van der Waals surface area contributed by atoms with E-state index in [1.54, 1.807) is 0 Å². The van der Waals surface area contributed by atoms with Gasteiger partial charge in [0.2, 0.25) is 0 Å². The zero-order chi connectivity index (χ0) is 11.5. The molecule has 0 radical (unpaired) electrons. The third-order valence-electron chi connectivity index (χ3n) is 2.88. The fraction of sp³-hybridized carbons (Fsp3) is 0.417. The summed E-state index contributed by atoms with van der Waals surface area (Å²) >= 11 is 3.45. The maximum atomic E-state index is 8.95. The number of hydrogen-bond donors (Lipinski definition) is 1. The van der Waals surface area contributed by atoms with Gasteiger partial charge >= 0.3 is 0 Å². The van der Waals surface area contributed by atoms with Gasteiger partial charge in [-0.15, -0.1) is 0 Å². The monoisotopic (exact) mass is 279 g/mol. The number of benzene rings is 1. The maximum absolute atomic E-state index is 8.95. The fourth-order valence-electron chi connectivity index (χ4n) is 1.95. The number of halogens is 1. The summed E-state index contributed by atoms with van der Waals surface area (Å²) in [6.07, 6.45) is 0. The van der Waals surface area contributed by atoms with Gasteiger partial charge in [-0.25, -0.2) is 0 Å². The smallest absolute Gasteiger partial charge is 0.0992 e. The second-order valence-electron chi connectivity index (χ2n) is 3.91. The van der Waals surface area contributed by atoms with Crippen molar-refractivity contribution in [2.75, 3.05) is 24.5 Å². The summed E-state index contributed by atoms with van der Waals surface area (Å²) in [6, 6.07) is 8.62.